The summed E-state index contributed by atoms with van der Waals surface area (Å²) in [5.41, 5.74) is -0.905. The lowest BCUT2D eigenvalue weighted by Gasteiger charge is -2.50. The molecule has 2 aromatic rings. The van der Waals surface area contributed by atoms with E-state index in [-0.39, 0.29) is 11.2 Å². The molecule has 0 radical (unpaired) electrons. The summed E-state index contributed by atoms with van der Waals surface area (Å²) in [6.45, 7) is 4.61. The standard InChI is InChI=1S/C19H29N4O6P/c1-3-9-22-15-14(16(24)23(10-4-2)18(22)25)20-17(21-15)19-7-5-12(6-8-19)11-13(19)29-30(26,27)28/h12-13H,3-11H2,1-2H3,(H,20,21)(H2,26,27,28). The molecule has 2 bridgehead atoms. The van der Waals surface area contributed by atoms with Crippen molar-refractivity contribution in [3.8, 4) is 0 Å². The van der Waals surface area contributed by atoms with Crippen molar-refractivity contribution >= 4 is 19.0 Å². The van der Waals surface area contributed by atoms with Crippen LogP contribution in [-0.2, 0) is 27.6 Å². The van der Waals surface area contributed by atoms with Crippen molar-refractivity contribution < 1.29 is 18.9 Å². The number of H-pyrrole nitrogens is 1. The van der Waals surface area contributed by atoms with E-state index in [1.807, 2.05) is 13.8 Å². The number of phosphoric ester groups is 1. The Labute approximate surface area is 173 Å². The van der Waals surface area contributed by atoms with Gasteiger partial charge in [-0.05, 0) is 50.9 Å². The summed E-state index contributed by atoms with van der Waals surface area (Å²) in [6.07, 6.45) is 4.39. The highest BCUT2D eigenvalue weighted by Gasteiger charge is 2.53. The minimum atomic E-state index is -4.68. The summed E-state index contributed by atoms with van der Waals surface area (Å²) in [5.74, 6) is 0.859. The Morgan fingerprint density at radius 2 is 1.80 bits per heavy atom. The maximum atomic E-state index is 13.0. The second-order valence-electron chi connectivity index (χ2n) is 8.59. The summed E-state index contributed by atoms with van der Waals surface area (Å²) in [5, 5.41) is 0. The molecular formula is C19H29N4O6P. The molecule has 166 valence electrons. The Hall–Kier alpha value is -1.74. The summed E-state index contributed by atoms with van der Waals surface area (Å²) in [7, 11) is -4.68. The van der Waals surface area contributed by atoms with Gasteiger partial charge in [0.25, 0.3) is 5.56 Å². The summed E-state index contributed by atoms with van der Waals surface area (Å²) >= 11 is 0. The second-order valence-corrected chi connectivity index (χ2v) is 9.79. The topological polar surface area (TPSA) is 139 Å². The molecule has 3 fully saturated rings. The Morgan fingerprint density at radius 3 is 2.40 bits per heavy atom. The number of nitrogens with zero attached hydrogens (tertiary/aromatic N) is 3. The Kier molecular flexibility index (Phi) is 5.55. The molecular weight excluding hydrogens is 411 g/mol. The smallest absolute Gasteiger partial charge is 0.336 e. The highest BCUT2D eigenvalue weighted by atomic mass is 31.2. The Balaban J connectivity index is 1.91. The van der Waals surface area contributed by atoms with Crippen LogP contribution in [0.4, 0.5) is 0 Å². The van der Waals surface area contributed by atoms with Gasteiger partial charge in [0, 0.05) is 13.1 Å². The maximum absolute atomic E-state index is 13.0. The largest absolute Gasteiger partial charge is 0.469 e. The number of rotatable bonds is 7. The lowest BCUT2D eigenvalue weighted by molar-refractivity contribution is -0.0269. The highest BCUT2D eigenvalue weighted by molar-refractivity contribution is 7.46. The van der Waals surface area contributed by atoms with Gasteiger partial charge in [-0.3, -0.25) is 18.5 Å². The number of hydrogen-bond donors (Lipinski definition) is 3. The first-order valence-electron chi connectivity index (χ1n) is 10.7. The van der Waals surface area contributed by atoms with Crippen LogP contribution in [0.3, 0.4) is 0 Å². The van der Waals surface area contributed by atoms with Crippen LogP contribution in [0.5, 0.6) is 0 Å². The first kappa shape index (κ1) is 21.5. The normalized spacial score (nSPS) is 26.5. The zero-order valence-corrected chi connectivity index (χ0v) is 18.2. The van der Waals surface area contributed by atoms with E-state index in [0.717, 1.165) is 12.8 Å². The Morgan fingerprint density at radius 1 is 1.17 bits per heavy atom. The molecule has 2 heterocycles. The first-order chi connectivity index (χ1) is 14.2. The molecule has 5 rings (SSSR count). The number of aromatic amines is 1. The molecule has 10 nitrogen and oxygen atoms in total. The van der Waals surface area contributed by atoms with E-state index in [9.17, 15) is 23.9 Å². The average molecular weight is 440 g/mol. The zero-order chi connectivity index (χ0) is 21.7. The summed E-state index contributed by atoms with van der Waals surface area (Å²) < 4.78 is 19.6. The predicted molar refractivity (Wildman–Crippen MR) is 110 cm³/mol. The molecule has 1 atom stereocenters. The minimum absolute atomic E-state index is 0.267. The molecule has 1 unspecified atom stereocenters. The van der Waals surface area contributed by atoms with E-state index in [1.54, 1.807) is 0 Å². The predicted octanol–water partition coefficient (Wildman–Crippen LogP) is 2.02. The van der Waals surface area contributed by atoms with E-state index in [4.69, 9.17) is 4.52 Å². The van der Waals surface area contributed by atoms with Crippen molar-refractivity contribution in [3.05, 3.63) is 26.7 Å². The third kappa shape index (κ3) is 3.49. The fraction of sp³-hybridized carbons (Fsp3) is 0.737. The van der Waals surface area contributed by atoms with E-state index in [2.05, 4.69) is 9.97 Å². The fourth-order valence-corrected chi connectivity index (χ4v) is 5.85. The van der Waals surface area contributed by atoms with Crippen molar-refractivity contribution in [2.45, 2.75) is 83.4 Å². The van der Waals surface area contributed by atoms with Crippen LogP contribution < -0.4 is 11.2 Å². The Bertz CT molecular complexity index is 1100. The van der Waals surface area contributed by atoms with Crippen LogP contribution in [0.25, 0.3) is 11.2 Å². The molecule has 2 aromatic heterocycles. The van der Waals surface area contributed by atoms with Crippen molar-refractivity contribution in [2.75, 3.05) is 0 Å². The lowest BCUT2D eigenvalue weighted by atomic mass is 9.58. The average Bonchev–Trinajstić information content (AvgIpc) is 3.14. The molecule has 11 heteroatoms. The number of imidazole rings is 1. The van der Waals surface area contributed by atoms with Gasteiger partial charge in [0.15, 0.2) is 5.65 Å². The van der Waals surface area contributed by atoms with Gasteiger partial charge in [0.05, 0.1) is 11.5 Å². The number of aromatic nitrogens is 4. The van der Waals surface area contributed by atoms with E-state index < -0.39 is 24.9 Å². The SMILES string of the molecule is CCCn1c(=O)c2[nH]c(C34CCC(CC3)CC4OP(=O)(O)O)nc2n(CCC)c1=O. The number of aryl methyl sites for hydroxylation is 1. The van der Waals surface area contributed by atoms with Crippen molar-refractivity contribution in [3.63, 3.8) is 0 Å². The van der Waals surface area contributed by atoms with E-state index in [0.29, 0.717) is 62.6 Å². The molecule has 0 spiro atoms. The monoisotopic (exact) mass is 440 g/mol. The third-order valence-corrected chi connectivity index (χ3v) is 7.18. The van der Waals surface area contributed by atoms with E-state index in [1.165, 1.54) is 9.13 Å². The molecule has 30 heavy (non-hydrogen) atoms. The van der Waals surface area contributed by atoms with Crippen molar-refractivity contribution in [1.29, 1.82) is 0 Å². The molecule has 3 aliphatic rings. The van der Waals surface area contributed by atoms with Crippen LogP contribution in [-0.4, -0.2) is 35.0 Å². The number of hydrogen-bond acceptors (Lipinski definition) is 5. The van der Waals surface area contributed by atoms with E-state index >= 15 is 0 Å². The molecule has 3 aliphatic carbocycles. The van der Waals surface area contributed by atoms with Crippen LogP contribution in [0.2, 0.25) is 0 Å². The fourth-order valence-electron chi connectivity index (χ4n) is 5.23. The van der Waals surface area contributed by atoms with Gasteiger partial charge in [-0.2, -0.15) is 0 Å². The van der Waals surface area contributed by atoms with Crippen molar-refractivity contribution in [1.82, 2.24) is 19.1 Å². The molecule has 0 amide bonds. The maximum Gasteiger partial charge on any atom is 0.469 e. The van der Waals surface area contributed by atoms with Gasteiger partial charge >= 0.3 is 13.5 Å². The molecule has 3 N–H and O–H groups in total. The van der Waals surface area contributed by atoms with Gasteiger partial charge in [-0.1, -0.05) is 13.8 Å². The summed E-state index contributed by atoms with van der Waals surface area (Å²) in [4.78, 5) is 52.7. The van der Waals surface area contributed by atoms with Gasteiger partial charge < -0.3 is 14.8 Å². The second kappa shape index (κ2) is 7.75. The van der Waals surface area contributed by atoms with Crippen molar-refractivity contribution in [2.24, 2.45) is 5.92 Å². The van der Waals surface area contributed by atoms with Gasteiger partial charge in [-0.15, -0.1) is 0 Å². The van der Waals surface area contributed by atoms with Crippen LogP contribution in [0.1, 0.15) is 64.6 Å². The quantitative estimate of drug-likeness (QED) is 0.560. The molecule has 0 aliphatic heterocycles. The van der Waals surface area contributed by atoms with Gasteiger partial charge in [0.2, 0.25) is 0 Å². The number of fused-ring (bicyclic) bond motifs is 4. The van der Waals surface area contributed by atoms with Crippen LogP contribution in [0.15, 0.2) is 9.59 Å². The van der Waals surface area contributed by atoms with Crippen LogP contribution >= 0.6 is 7.82 Å². The lowest BCUT2D eigenvalue weighted by Crippen LogP contribution is -2.50. The first-order valence-corrected chi connectivity index (χ1v) is 12.2. The van der Waals surface area contributed by atoms with Gasteiger partial charge in [-0.25, -0.2) is 14.3 Å². The molecule has 0 aromatic carbocycles. The summed E-state index contributed by atoms with van der Waals surface area (Å²) in [6, 6.07) is 0. The number of phosphoric acid groups is 1. The number of nitrogens with one attached hydrogen (secondary N) is 1. The highest BCUT2D eigenvalue weighted by Crippen LogP contribution is 2.56. The zero-order valence-electron chi connectivity index (χ0n) is 17.3. The molecule has 3 saturated carbocycles. The van der Waals surface area contributed by atoms with Crippen LogP contribution in [0, 0.1) is 5.92 Å². The molecule has 0 saturated heterocycles. The minimum Gasteiger partial charge on any atom is -0.336 e. The third-order valence-electron chi connectivity index (χ3n) is 6.65. The van der Waals surface area contributed by atoms with Gasteiger partial charge in [0.1, 0.15) is 11.3 Å².